The van der Waals surface area contributed by atoms with Gasteiger partial charge in [0.1, 0.15) is 0 Å². The molecule has 0 saturated carbocycles. The third kappa shape index (κ3) is 2.39. The van der Waals surface area contributed by atoms with Gasteiger partial charge in [-0.15, -0.1) is 0 Å². The highest BCUT2D eigenvalue weighted by molar-refractivity contribution is 6.45. The van der Waals surface area contributed by atoms with E-state index in [0.29, 0.717) is 21.8 Å². The van der Waals surface area contributed by atoms with Crippen LogP contribution in [0.2, 0.25) is 5.02 Å². The summed E-state index contributed by atoms with van der Waals surface area (Å²) in [7, 11) is 0. The Morgan fingerprint density at radius 3 is 2.33 bits per heavy atom. The number of benzene rings is 2. The van der Waals surface area contributed by atoms with E-state index in [1.807, 2.05) is 19.9 Å². The summed E-state index contributed by atoms with van der Waals surface area (Å²) in [4.78, 5) is 26.3. The maximum absolute atomic E-state index is 12.8. The van der Waals surface area contributed by atoms with Gasteiger partial charge in [-0.05, 0) is 55.2 Å². The van der Waals surface area contributed by atoms with Gasteiger partial charge in [0.25, 0.3) is 5.91 Å². The summed E-state index contributed by atoms with van der Waals surface area (Å²) in [5.41, 5.74) is 3.57. The van der Waals surface area contributed by atoms with Crippen molar-refractivity contribution in [2.75, 3.05) is 4.90 Å². The van der Waals surface area contributed by atoms with Crippen LogP contribution in [0.3, 0.4) is 0 Å². The number of hydrogen-bond donors (Lipinski definition) is 1. The van der Waals surface area contributed by atoms with Crippen molar-refractivity contribution in [3.05, 3.63) is 69.4 Å². The van der Waals surface area contributed by atoms with E-state index in [9.17, 15) is 14.7 Å². The number of aryl methyl sites for hydroxylation is 2. The molecule has 4 nitrogen and oxygen atoms in total. The van der Waals surface area contributed by atoms with Crippen LogP contribution < -0.4 is 4.90 Å². The molecule has 0 aliphatic carbocycles. The van der Waals surface area contributed by atoms with E-state index in [2.05, 4.69) is 0 Å². The second-order valence-electron chi connectivity index (χ2n) is 5.85. The molecule has 3 rings (SSSR count). The van der Waals surface area contributed by atoms with Crippen molar-refractivity contribution in [3.8, 4) is 0 Å². The fourth-order valence-electron chi connectivity index (χ4n) is 2.73. The molecule has 5 heteroatoms. The van der Waals surface area contributed by atoms with E-state index in [4.69, 9.17) is 11.6 Å². The molecule has 2 aromatic carbocycles. The second kappa shape index (κ2) is 5.80. The molecule has 1 N–H and O–H groups in total. The average molecular weight is 342 g/mol. The lowest BCUT2D eigenvalue weighted by molar-refractivity contribution is -0.121. The lowest BCUT2D eigenvalue weighted by Gasteiger charge is -2.17. The fraction of sp³-hybridized carbons (Fsp3) is 0.158. The zero-order chi connectivity index (χ0) is 17.6. The van der Waals surface area contributed by atoms with Crippen LogP contribution in [0.5, 0.6) is 0 Å². The van der Waals surface area contributed by atoms with Gasteiger partial charge in [-0.1, -0.05) is 35.9 Å². The number of aliphatic hydroxyl groups excluding tert-OH is 1. The zero-order valence-electron chi connectivity index (χ0n) is 13.6. The number of halogens is 1. The van der Waals surface area contributed by atoms with Crippen LogP contribution >= 0.6 is 11.6 Å². The second-order valence-corrected chi connectivity index (χ2v) is 6.26. The maximum Gasteiger partial charge on any atom is 0.301 e. The molecular formula is C19H16ClNO3. The van der Waals surface area contributed by atoms with Crippen molar-refractivity contribution >= 4 is 34.7 Å². The number of rotatable bonds is 2. The van der Waals surface area contributed by atoms with Gasteiger partial charge in [-0.2, -0.15) is 0 Å². The molecule has 122 valence electrons. The molecular weight excluding hydrogens is 326 g/mol. The third-order valence-corrected chi connectivity index (χ3v) is 4.74. The first kappa shape index (κ1) is 16.3. The predicted octanol–water partition coefficient (Wildman–Crippen LogP) is 4.11. The van der Waals surface area contributed by atoms with E-state index < -0.39 is 17.6 Å². The number of anilines is 1. The Balaban J connectivity index is 2.11. The van der Waals surface area contributed by atoms with Crippen LogP contribution in [0.1, 0.15) is 22.3 Å². The minimum Gasteiger partial charge on any atom is -0.502 e. The normalized spacial score (nSPS) is 14.8. The van der Waals surface area contributed by atoms with Crippen molar-refractivity contribution in [2.24, 2.45) is 0 Å². The van der Waals surface area contributed by atoms with Crippen molar-refractivity contribution in [1.82, 2.24) is 0 Å². The molecule has 1 aliphatic heterocycles. The highest BCUT2D eigenvalue weighted by Crippen LogP contribution is 2.35. The molecule has 0 saturated heterocycles. The molecule has 24 heavy (non-hydrogen) atoms. The molecule has 2 aromatic rings. The van der Waals surface area contributed by atoms with Crippen molar-refractivity contribution in [2.45, 2.75) is 20.8 Å². The number of carbonyl (C=O) groups excluding carboxylic acids is 2. The van der Waals surface area contributed by atoms with E-state index in [1.54, 1.807) is 37.3 Å². The van der Waals surface area contributed by atoms with E-state index in [1.165, 1.54) is 0 Å². The van der Waals surface area contributed by atoms with Crippen molar-refractivity contribution in [1.29, 1.82) is 0 Å². The largest absolute Gasteiger partial charge is 0.502 e. The summed E-state index contributed by atoms with van der Waals surface area (Å²) < 4.78 is 0. The van der Waals surface area contributed by atoms with Crippen LogP contribution in [0.25, 0.3) is 5.57 Å². The van der Waals surface area contributed by atoms with Gasteiger partial charge in [-0.3, -0.25) is 9.59 Å². The Morgan fingerprint density at radius 2 is 1.67 bits per heavy atom. The molecule has 2 amide bonds. The van der Waals surface area contributed by atoms with Crippen LogP contribution in [0.4, 0.5) is 5.69 Å². The number of nitrogens with zero attached hydrogens (tertiary/aromatic N) is 1. The Kier molecular flexibility index (Phi) is 3.93. The lowest BCUT2D eigenvalue weighted by atomic mass is 10.00. The zero-order valence-corrected chi connectivity index (χ0v) is 14.3. The van der Waals surface area contributed by atoms with Gasteiger partial charge in [0.2, 0.25) is 0 Å². The molecule has 0 unspecified atom stereocenters. The summed E-state index contributed by atoms with van der Waals surface area (Å²) >= 11 is 6.09. The Bertz CT molecular complexity index is 915. The van der Waals surface area contributed by atoms with Crippen molar-refractivity contribution < 1.29 is 14.7 Å². The van der Waals surface area contributed by atoms with Gasteiger partial charge in [-0.25, -0.2) is 4.90 Å². The molecule has 0 atom stereocenters. The Labute approximate surface area is 145 Å². The summed E-state index contributed by atoms with van der Waals surface area (Å²) in [6, 6.07) is 10.4. The first-order valence-electron chi connectivity index (χ1n) is 7.47. The molecule has 1 heterocycles. The minimum atomic E-state index is -0.737. The molecule has 0 radical (unpaired) electrons. The van der Waals surface area contributed by atoms with Crippen molar-refractivity contribution in [3.63, 3.8) is 0 Å². The molecule has 0 spiro atoms. The van der Waals surface area contributed by atoms with Gasteiger partial charge >= 0.3 is 5.91 Å². The fourth-order valence-corrected chi connectivity index (χ4v) is 2.90. The molecule has 1 aliphatic rings. The smallest absolute Gasteiger partial charge is 0.301 e. The minimum absolute atomic E-state index is 0.0162. The van der Waals surface area contributed by atoms with Gasteiger partial charge < -0.3 is 5.11 Å². The van der Waals surface area contributed by atoms with Crippen LogP contribution in [-0.4, -0.2) is 16.9 Å². The highest BCUT2D eigenvalue weighted by atomic mass is 35.5. The third-order valence-electron chi connectivity index (χ3n) is 4.34. The standard InChI is InChI=1S/C19H16ClNO3/c1-10-7-8-13(9-11(10)2)16-17(22)19(24)21(18(16)23)15-6-4-5-14(20)12(15)3/h4-9,22H,1-3H3. The maximum atomic E-state index is 12.8. The van der Waals surface area contributed by atoms with Crippen LogP contribution in [0.15, 0.2) is 42.2 Å². The number of aliphatic hydroxyl groups is 1. The van der Waals surface area contributed by atoms with Gasteiger partial charge in [0.05, 0.1) is 11.3 Å². The number of imide groups is 1. The predicted molar refractivity (Wildman–Crippen MR) is 94.1 cm³/mol. The molecule has 0 bridgehead atoms. The molecule has 0 aromatic heterocycles. The van der Waals surface area contributed by atoms with E-state index in [-0.39, 0.29) is 5.57 Å². The van der Waals surface area contributed by atoms with E-state index >= 15 is 0 Å². The summed E-state index contributed by atoms with van der Waals surface area (Å²) in [5, 5.41) is 10.7. The SMILES string of the molecule is Cc1ccc(C2=C(O)C(=O)N(c3cccc(Cl)c3C)C2=O)cc1C. The number of amides is 2. The van der Waals surface area contributed by atoms with Gasteiger partial charge in [0.15, 0.2) is 5.76 Å². The highest BCUT2D eigenvalue weighted by Gasteiger charge is 2.41. The molecule has 0 fully saturated rings. The first-order chi connectivity index (χ1) is 11.3. The van der Waals surface area contributed by atoms with Crippen LogP contribution in [0, 0.1) is 20.8 Å². The topological polar surface area (TPSA) is 57.6 Å². The van der Waals surface area contributed by atoms with Gasteiger partial charge in [0, 0.05) is 5.02 Å². The summed E-state index contributed by atoms with van der Waals surface area (Å²) in [6.07, 6.45) is 0. The quantitative estimate of drug-likeness (QED) is 0.836. The summed E-state index contributed by atoms with van der Waals surface area (Å²) in [6.45, 7) is 5.59. The Hall–Kier alpha value is -2.59. The van der Waals surface area contributed by atoms with Crippen LogP contribution in [-0.2, 0) is 9.59 Å². The van der Waals surface area contributed by atoms with E-state index in [0.717, 1.165) is 16.0 Å². The monoisotopic (exact) mass is 341 g/mol. The lowest BCUT2D eigenvalue weighted by Crippen LogP contribution is -2.32. The number of hydrogen-bond acceptors (Lipinski definition) is 3. The first-order valence-corrected chi connectivity index (χ1v) is 7.85. The number of carbonyl (C=O) groups is 2. The Morgan fingerprint density at radius 1 is 0.958 bits per heavy atom. The average Bonchev–Trinajstić information content (AvgIpc) is 2.76. The summed E-state index contributed by atoms with van der Waals surface area (Å²) in [5.74, 6) is -1.83.